The molecular weight excluding hydrogens is 624 g/mol. The lowest BCUT2D eigenvalue weighted by Gasteiger charge is -2.34. The number of sulfonamides is 1. The van der Waals surface area contributed by atoms with Crippen LogP contribution in [-0.2, 0) is 32.6 Å². The highest BCUT2D eigenvalue weighted by Crippen LogP contribution is 2.29. The van der Waals surface area contributed by atoms with Gasteiger partial charge in [0.2, 0.25) is 11.8 Å². The number of carbonyl (C=O) groups is 2. The van der Waals surface area contributed by atoms with E-state index in [1.54, 1.807) is 62.4 Å². The van der Waals surface area contributed by atoms with Gasteiger partial charge in [0, 0.05) is 34.6 Å². The van der Waals surface area contributed by atoms with E-state index in [0.717, 1.165) is 34.1 Å². The number of nitrogens with one attached hydrogen (secondary N) is 1. The molecule has 0 aromatic heterocycles. The number of rotatable bonds is 12. The van der Waals surface area contributed by atoms with Crippen LogP contribution in [0.3, 0.4) is 0 Å². The van der Waals surface area contributed by atoms with Crippen molar-refractivity contribution in [1.82, 2.24) is 10.2 Å². The van der Waals surface area contributed by atoms with Gasteiger partial charge in [-0.2, -0.15) is 0 Å². The number of hydrogen-bond donors (Lipinski definition) is 1. The van der Waals surface area contributed by atoms with Gasteiger partial charge in [0.25, 0.3) is 10.0 Å². The Morgan fingerprint density at radius 3 is 1.95 bits per heavy atom. The van der Waals surface area contributed by atoms with Crippen LogP contribution in [0, 0.1) is 5.82 Å². The van der Waals surface area contributed by atoms with Crippen molar-refractivity contribution in [3.8, 4) is 0 Å². The van der Waals surface area contributed by atoms with Crippen LogP contribution < -0.4 is 9.62 Å². The van der Waals surface area contributed by atoms with Crippen molar-refractivity contribution < 1.29 is 22.4 Å². The summed E-state index contributed by atoms with van der Waals surface area (Å²) in [6.45, 7) is 2.79. The Bertz CT molecular complexity index is 1670. The van der Waals surface area contributed by atoms with E-state index in [0.29, 0.717) is 5.56 Å². The van der Waals surface area contributed by atoms with Crippen LogP contribution >= 0.6 is 23.2 Å². The van der Waals surface area contributed by atoms with Crippen LogP contribution in [0.5, 0.6) is 0 Å². The summed E-state index contributed by atoms with van der Waals surface area (Å²) in [7, 11) is -4.35. The Hall–Kier alpha value is -3.92. The average Bonchev–Trinajstić information content (AvgIpc) is 2.99. The lowest BCUT2D eigenvalue weighted by atomic mass is 10.0. The second-order valence-electron chi connectivity index (χ2n) is 10.4. The summed E-state index contributed by atoms with van der Waals surface area (Å²) >= 11 is 13.0. The van der Waals surface area contributed by atoms with Gasteiger partial charge in [0.1, 0.15) is 18.4 Å². The number of amides is 2. The molecule has 0 aliphatic heterocycles. The van der Waals surface area contributed by atoms with Gasteiger partial charge >= 0.3 is 0 Å². The fraction of sp³-hybridized carbons (Fsp3) is 0.212. The van der Waals surface area contributed by atoms with Crippen molar-refractivity contribution in [2.24, 2.45) is 0 Å². The van der Waals surface area contributed by atoms with Gasteiger partial charge in [-0.05, 0) is 67.9 Å². The first-order valence-electron chi connectivity index (χ1n) is 13.9. The van der Waals surface area contributed by atoms with Gasteiger partial charge in [-0.1, -0.05) is 77.8 Å². The molecule has 230 valence electrons. The first-order valence-corrected chi connectivity index (χ1v) is 16.1. The Morgan fingerprint density at radius 1 is 0.818 bits per heavy atom. The number of hydrogen-bond acceptors (Lipinski definition) is 4. The minimum absolute atomic E-state index is 0.142. The zero-order chi connectivity index (χ0) is 31.9. The maximum absolute atomic E-state index is 14.4. The van der Waals surface area contributed by atoms with Crippen molar-refractivity contribution in [3.05, 3.63) is 130 Å². The molecule has 4 rings (SSSR count). The van der Waals surface area contributed by atoms with E-state index >= 15 is 0 Å². The molecule has 0 unspecified atom stereocenters. The van der Waals surface area contributed by atoms with Crippen molar-refractivity contribution in [2.75, 3.05) is 10.8 Å². The van der Waals surface area contributed by atoms with E-state index in [2.05, 4.69) is 5.32 Å². The minimum atomic E-state index is -4.35. The molecule has 0 spiro atoms. The zero-order valence-electron chi connectivity index (χ0n) is 24.2. The molecule has 0 radical (unpaired) electrons. The molecule has 2 amide bonds. The number of halogens is 3. The standard InChI is InChI=1S/C33H32Cl2FN3O4S/c1-23(2)37-33(41)31(20-24-10-5-3-6-11-24)38(21-28-29(34)14-9-15-30(28)35)32(40)22-39(26-12-7-4-8-13-26)44(42,43)27-18-16-25(36)17-19-27/h3-19,23,31H,20-22H2,1-2H3,(H,37,41)/t31-/m0/s1. The van der Waals surface area contributed by atoms with E-state index in [-0.39, 0.29) is 39.6 Å². The summed E-state index contributed by atoms with van der Waals surface area (Å²) in [5.41, 5.74) is 1.41. The molecule has 0 saturated heterocycles. The lowest BCUT2D eigenvalue weighted by Crippen LogP contribution is -2.54. The fourth-order valence-corrected chi connectivity index (χ4v) is 6.58. The molecule has 4 aromatic carbocycles. The highest BCUT2D eigenvalue weighted by atomic mass is 35.5. The topological polar surface area (TPSA) is 86.8 Å². The minimum Gasteiger partial charge on any atom is -0.352 e. The van der Waals surface area contributed by atoms with E-state index < -0.39 is 40.2 Å². The second kappa shape index (κ2) is 14.7. The zero-order valence-corrected chi connectivity index (χ0v) is 26.5. The number of benzene rings is 4. The molecule has 0 aliphatic rings. The van der Waals surface area contributed by atoms with E-state index in [1.807, 2.05) is 30.3 Å². The van der Waals surface area contributed by atoms with Gasteiger partial charge < -0.3 is 10.2 Å². The van der Waals surface area contributed by atoms with E-state index in [9.17, 15) is 22.4 Å². The predicted molar refractivity (Wildman–Crippen MR) is 172 cm³/mol. The van der Waals surface area contributed by atoms with Gasteiger partial charge in [-0.25, -0.2) is 12.8 Å². The Morgan fingerprint density at radius 2 is 1.39 bits per heavy atom. The van der Waals surface area contributed by atoms with E-state index in [4.69, 9.17) is 23.2 Å². The van der Waals surface area contributed by atoms with Crippen LogP contribution in [0.4, 0.5) is 10.1 Å². The largest absolute Gasteiger partial charge is 0.352 e. The SMILES string of the molecule is CC(C)NC(=O)[C@H](Cc1ccccc1)N(Cc1c(Cl)cccc1Cl)C(=O)CN(c1ccccc1)S(=O)(=O)c1ccc(F)cc1. The normalized spacial score (nSPS) is 12.0. The Balaban J connectivity index is 1.82. The van der Waals surface area contributed by atoms with Gasteiger partial charge in [0.05, 0.1) is 10.6 Å². The Kier molecular flexibility index (Phi) is 11.0. The summed E-state index contributed by atoms with van der Waals surface area (Å²) in [5.74, 6) is -1.70. The maximum Gasteiger partial charge on any atom is 0.264 e. The van der Waals surface area contributed by atoms with Crippen molar-refractivity contribution in [1.29, 1.82) is 0 Å². The summed E-state index contributed by atoms with van der Waals surface area (Å²) in [5, 5.41) is 3.47. The quantitative estimate of drug-likeness (QED) is 0.189. The molecule has 0 saturated carbocycles. The van der Waals surface area contributed by atoms with Crippen molar-refractivity contribution >= 4 is 50.7 Å². The van der Waals surface area contributed by atoms with Crippen LogP contribution in [-0.4, -0.2) is 43.8 Å². The second-order valence-corrected chi connectivity index (χ2v) is 13.1. The van der Waals surface area contributed by atoms with Crippen LogP contribution in [0.2, 0.25) is 10.0 Å². The lowest BCUT2D eigenvalue weighted by molar-refractivity contribution is -0.140. The molecule has 0 aliphatic carbocycles. The number of para-hydroxylation sites is 1. The van der Waals surface area contributed by atoms with Crippen molar-refractivity contribution in [3.63, 3.8) is 0 Å². The molecular formula is C33H32Cl2FN3O4S. The van der Waals surface area contributed by atoms with Crippen LogP contribution in [0.15, 0.2) is 108 Å². The first-order chi connectivity index (χ1) is 21.0. The van der Waals surface area contributed by atoms with Crippen molar-refractivity contribution in [2.45, 2.75) is 43.8 Å². The number of anilines is 1. The average molecular weight is 657 g/mol. The Labute approximate surface area is 267 Å². The van der Waals surface area contributed by atoms with Crippen LogP contribution in [0.1, 0.15) is 25.0 Å². The summed E-state index contributed by atoms with van der Waals surface area (Å²) in [6, 6.07) is 25.3. The number of nitrogens with zero attached hydrogens (tertiary/aromatic N) is 2. The van der Waals surface area contributed by atoms with Gasteiger partial charge in [0.15, 0.2) is 0 Å². The molecule has 7 nitrogen and oxygen atoms in total. The maximum atomic E-state index is 14.4. The highest BCUT2D eigenvalue weighted by Gasteiger charge is 2.35. The van der Waals surface area contributed by atoms with Gasteiger partial charge in [-0.15, -0.1) is 0 Å². The molecule has 0 heterocycles. The molecule has 11 heteroatoms. The molecule has 1 N–H and O–H groups in total. The molecule has 4 aromatic rings. The summed E-state index contributed by atoms with van der Waals surface area (Å²) in [4.78, 5) is 29.2. The third-order valence-electron chi connectivity index (χ3n) is 6.82. The van der Waals surface area contributed by atoms with E-state index in [1.165, 1.54) is 4.90 Å². The fourth-order valence-electron chi connectivity index (χ4n) is 4.65. The van der Waals surface area contributed by atoms with Crippen LogP contribution in [0.25, 0.3) is 0 Å². The smallest absolute Gasteiger partial charge is 0.264 e. The highest BCUT2D eigenvalue weighted by molar-refractivity contribution is 7.92. The monoisotopic (exact) mass is 655 g/mol. The predicted octanol–water partition coefficient (Wildman–Crippen LogP) is 6.49. The summed E-state index contributed by atoms with van der Waals surface area (Å²) < 4.78 is 42.5. The number of carbonyl (C=O) groups excluding carboxylic acids is 2. The third kappa shape index (κ3) is 8.16. The molecule has 0 fully saturated rings. The molecule has 0 bridgehead atoms. The summed E-state index contributed by atoms with van der Waals surface area (Å²) in [6.07, 6.45) is 0.142. The first kappa shape index (κ1) is 33.0. The van der Waals surface area contributed by atoms with Gasteiger partial charge in [-0.3, -0.25) is 13.9 Å². The third-order valence-corrected chi connectivity index (χ3v) is 9.31. The molecule has 1 atom stereocenters. The molecule has 44 heavy (non-hydrogen) atoms.